The van der Waals surface area contributed by atoms with E-state index < -0.39 is 0 Å². The van der Waals surface area contributed by atoms with E-state index in [4.69, 9.17) is 0 Å². The topological polar surface area (TPSA) is 17.1 Å². The van der Waals surface area contributed by atoms with Crippen LogP contribution in [-0.2, 0) is 12.8 Å². The zero-order chi connectivity index (χ0) is 13.0. The van der Waals surface area contributed by atoms with Crippen LogP contribution in [0, 0.1) is 6.92 Å². The molecular weight excluding hydrogens is 220 g/mol. The molecule has 18 heavy (non-hydrogen) atoms. The van der Waals surface area contributed by atoms with Crippen molar-refractivity contribution >= 4 is 5.78 Å². The first-order chi connectivity index (χ1) is 8.70. The lowest BCUT2D eigenvalue weighted by Crippen LogP contribution is -2.04. The van der Waals surface area contributed by atoms with Crippen molar-refractivity contribution in [2.24, 2.45) is 0 Å². The predicted molar refractivity (Wildman–Crippen MR) is 75.0 cm³/mol. The summed E-state index contributed by atoms with van der Waals surface area (Å²) in [5.74, 6) is 0.187. The van der Waals surface area contributed by atoms with Gasteiger partial charge in [0.25, 0.3) is 0 Å². The monoisotopic (exact) mass is 238 g/mol. The van der Waals surface area contributed by atoms with Crippen LogP contribution in [0.2, 0.25) is 0 Å². The molecule has 0 amide bonds. The molecule has 0 N–H and O–H groups in total. The fourth-order valence-electron chi connectivity index (χ4n) is 2.01. The quantitative estimate of drug-likeness (QED) is 0.736. The zero-order valence-electron chi connectivity index (χ0n) is 10.9. The van der Waals surface area contributed by atoms with Crippen molar-refractivity contribution in [3.05, 3.63) is 70.8 Å². The molecule has 1 nitrogen and oxygen atoms in total. The Morgan fingerprint density at radius 1 is 1.00 bits per heavy atom. The maximum Gasteiger partial charge on any atom is 0.167 e. The highest BCUT2D eigenvalue weighted by Gasteiger charge is 2.08. The Kier molecular flexibility index (Phi) is 3.93. The summed E-state index contributed by atoms with van der Waals surface area (Å²) >= 11 is 0. The van der Waals surface area contributed by atoms with Crippen molar-refractivity contribution in [2.45, 2.75) is 26.7 Å². The number of Topliss-reactive ketones (excluding diaryl/α,β-unsaturated/α-hetero) is 1. The first-order valence-electron chi connectivity index (χ1n) is 6.37. The van der Waals surface area contributed by atoms with Crippen LogP contribution in [0.5, 0.6) is 0 Å². The summed E-state index contributed by atoms with van der Waals surface area (Å²) in [6.45, 7) is 4.16. The lowest BCUT2D eigenvalue weighted by atomic mass is 9.98. The Hall–Kier alpha value is -1.89. The van der Waals surface area contributed by atoms with Crippen LogP contribution in [0.3, 0.4) is 0 Å². The Balaban J connectivity index is 2.14. The molecule has 0 spiro atoms. The van der Waals surface area contributed by atoms with Gasteiger partial charge in [0.05, 0.1) is 0 Å². The lowest BCUT2D eigenvalue weighted by molar-refractivity contribution is 0.0993. The molecule has 0 atom stereocenters. The van der Waals surface area contributed by atoms with Gasteiger partial charge in [-0.1, -0.05) is 55.5 Å². The van der Waals surface area contributed by atoms with Gasteiger partial charge < -0.3 is 0 Å². The first-order valence-corrected chi connectivity index (χ1v) is 6.37. The summed E-state index contributed by atoms with van der Waals surface area (Å²) in [5.41, 5.74) is 4.36. The first kappa shape index (κ1) is 12.6. The second kappa shape index (κ2) is 5.63. The molecule has 0 aliphatic rings. The van der Waals surface area contributed by atoms with Crippen molar-refractivity contribution in [3.8, 4) is 0 Å². The molecule has 0 bridgehead atoms. The zero-order valence-corrected chi connectivity index (χ0v) is 10.9. The van der Waals surface area contributed by atoms with Crippen molar-refractivity contribution in [1.82, 2.24) is 0 Å². The molecule has 0 aromatic heterocycles. The van der Waals surface area contributed by atoms with Crippen LogP contribution in [0.15, 0.2) is 48.5 Å². The molecule has 2 aromatic carbocycles. The predicted octanol–water partition coefficient (Wildman–Crippen LogP) is 3.98. The van der Waals surface area contributed by atoms with E-state index in [0.717, 1.165) is 17.5 Å². The van der Waals surface area contributed by atoms with E-state index in [9.17, 15) is 4.79 Å². The van der Waals surface area contributed by atoms with E-state index >= 15 is 0 Å². The largest absolute Gasteiger partial charge is 0.294 e. The summed E-state index contributed by atoms with van der Waals surface area (Å²) in [5, 5.41) is 0. The minimum Gasteiger partial charge on any atom is -0.294 e. The molecule has 0 unspecified atom stereocenters. The molecule has 0 radical (unpaired) electrons. The third-order valence-corrected chi connectivity index (χ3v) is 3.30. The minimum atomic E-state index is 0.187. The van der Waals surface area contributed by atoms with Crippen molar-refractivity contribution in [1.29, 1.82) is 0 Å². The third-order valence-electron chi connectivity index (χ3n) is 3.30. The Morgan fingerprint density at radius 3 is 2.28 bits per heavy atom. The lowest BCUT2D eigenvalue weighted by Gasteiger charge is -2.05. The SMILES string of the molecule is CCc1ccc(C(=O)Cc2ccccc2C)cc1. The van der Waals surface area contributed by atoms with Gasteiger partial charge in [0, 0.05) is 12.0 Å². The van der Waals surface area contributed by atoms with E-state index in [1.807, 2.05) is 55.5 Å². The maximum absolute atomic E-state index is 12.2. The Morgan fingerprint density at radius 2 is 1.67 bits per heavy atom. The summed E-state index contributed by atoms with van der Waals surface area (Å²) in [6.07, 6.45) is 1.49. The molecule has 0 saturated carbocycles. The summed E-state index contributed by atoms with van der Waals surface area (Å²) in [6, 6.07) is 16.0. The smallest absolute Gasteiger partial charge is 0.167 e. The number of benzene rings is 2. The van der Waals surface area contributed by atoms with E-state index in [-0.39, 0.29) is 5.78 Å². The van der Waals surface area contributed by atoms with E-state index in [0.29, 0.717) is 6.42 Å². The second-order valence-electron chi connectivity index (χ2n) is 4.58. The molecule has 0 fully saturated rings. The molecule has 1 heteroatoms. The fourth-order valence-corrected chi connectivity index (χ4v) is 2.01. The number of ketones is 1. The van der Waals surface area contributed by atoms with Gasteiger partial charge in [-0.25, -0.2) is 0 Å². The van der Waals surface area contributed by atoms with Crippen molar-refractivity contribution < 1.29 is 4.79 Å². The summed E-state index contributed by atoms with van der Waals surface area (Å²) < 4.78 is 0. The molecule has 0 heterocycles. The number of hydrogen-bond acceptors (Lipinski definition) is 1. The highest BCUT2D eigenvalue weighted by atomic mass is 16.1. The van der Waals surface area contributed by atoms with Gasteiger partial charge in [-0.15, -0.1) is 0 Å². The molecule has 92 valence electrons. The Labute approximate surface area is 108 Å². The molecule has 0 aliphatic carbocycles. The molecular formula is C17H18O. The van der Waals surface area contributed by atoms with Gasteiger partial charge in [-0.05, 0) is 30.0 Å². The third kappa shape index (κ3) is 2.86. The van der Waals surface area contributed by atoms with Crippen LogP contribution < -0.4 is 0 Å². The van der Waals surface area contributed by atoms with Gasteiger partial charge in [-0.2, -0.15) is 0 Å². The van der Waals surface area contributed by atoms with Gasteiger partial charge in [0.2, 0.25) is 0 Å². The van der Waals surface area contributed by atoms with Crippen molar-refractivity contribution in [3.63, 3.8) is 0 Å². The summed E-state index contributed by atoms with van der Waals surface area (Å²) in [7, 11) is 0. The number of carbonyl (C=O) groups is 1. The van der Waals surface area contributed by atoms with Gasteiger partial charge in [0.15, 0.2) is 5.78 Å². The average Bonchev–Trinajstić information content (AvgIpc) is 2.41. The molecule has 0 aliphatic heterocycles. The summed E-state index contributed by atoms with van der Waals surface area (Å²) in [4.78, 5) is 12.2. The number of rotatable bonds is 4. The normalized spacial score (nSPS) is 10.3. The van der Waals surface area contributed by atoms with Crippen LogP contribution in [0.25, 0.3) is 0 Å². The highest BCUT2D eigenvalue weighted by Crippen LogP contribution is 2.12. The fraction of sp³-hybridized carbons (Fsp3) is 0.235. The van der Waals surface area contributed by atoms with Gasteiger partial charge in [-0.3, -0.25) is 4.79 Å². The van der Waals surface area contributed by atoms with Crippen LogP contribution in [0.1, 0.15) is 34.0 Å². The number of hydrogen-bond donors (Lipinski definition) is 0. The number of aryl methyl sites for hydroxylation is 2. The van der Waals surface area contributed by atoms with Crippen LogP contribution in [-0.4, -0.2) is 5.78 Å². The highest BCUT2D eigenvalue weighted by molar-refractivity contribution is 5.97. The van der Waals surface area contributed by atoms with E-state index in [1.54, 1.807) is 0 Å². The number of carbonyl (C=O) groups excluding carboxylic acids is 1. The maximum atomic E-state index is 12.2. The van der Waals surface area contributed by atoms with Gasteiger partial charge in [0.1, 0.15) is 0 Å². The van der Waals surface area contributed by atoms with Crippen LogP contribution in [0.4, 0.5) is 0 Å². The van der Waals surface area contributed by atoms with E-state index in [2.05, 4.69) is 6.92 Å². The van der Waals surface area contributed by atoms with Crippen LogP contribution >= 0.6 is 0 Å². The second-order valence-corrected chi connectivity index (χ2v) is 4.58. The standard InChI is InChI=1S/C17H18O/c1-3-14-8-10-15(11-9-14)17(18)12-16-7-5-4-6-13(16)2/h4-11H,3,12H2,1-2H3. The van der Waals surface area contributed by atoms with E-state index in [1.165, 1.54) is 11.1 Å². The minimum absolute atomic E-state index is 0.187. The average molecular weight is 238 g/mol. The van der Waals surface area contributed by atoms with Gasteiger partial charge >= 0.3 is 0 Å². The molecule has 2 aromatic rings. The van der Waals surface area contributed by atoms with Crippen molar-refractivity contribution in [2.75, 3.05) is 0 Å². The molecule has 0 saturated heterocycles. The molecule has 2 rings (SSSR count). The Bertz CT molecular complexity index is 538.